The first-order valence-corrected chi connectivity index (χ1v) is 6.56. The standard InChI is InChI=1S/C11H18ClNS/c1-2-11(12)4-7-13-6-3-10-5-8-14-9-10/h5,8-9,11,13H,2-4,6-7H2,1H3. The van der Waals surface area contributed by atoms with E-state index in [0.29, 0.717) is 5.38 Å². The minimum absolute atomic E-state index is 0.337. The van der Waals surface area contributed by atoms with Crippen LogP contribution in [-0.4, -0.2) is 18.5 Å². The van der Waals surface area contributed by atoms with E-state index in [0.717, 1.165) is 32.4 Å². The molecule has 3 heteroatoms. The summed E-state index contributed by atoms with van der Waals surface area (Å²) in [5, 5.41) is 8.08. The first kappa shape index (κ1) is 12.0. The van der Waals surface area contributed by atoms with Crippen molar-refractivity contribution in [3.8, 4) is 0 Å². The molecule has 1 atom stereocenters. The smallest absolute Gasteiger partial charge is 0.0345 e. The predicted octanol–water partition coefficient (Wildman–Crippen LogP) is 3.29. The second-order valence-electron chi connectivity index (χ2n) is 3.43. The third-order valence-corrected chi connectivity index (χ3v) is 3.51. The van der Waals surface area contributed by atoms with Crippen LogP contribution in [0.2, 0.25) is 0 Å². The van der Waals surface area contributed by atoms with Gasteiger partial charge in [-0.2, -0.15) is 11.3 Å². The minimum Gasteiger partial charge on any atom is -0.316 e. The van der Waals surface area contributed by atoms with Gasteiger partial charge in [0.1, 0.15) is 0 Å². The van der Waals surface area contributed by atoms with Crippen LogP contribution >= 0.6 is 22.9 Å². The number of rotatable bonds is 7. The average molecular weight is 232 g/mol. The lowest BCUT2D eigenvalue weighted by molar-refractivity contribution is 0.622. The Balaban J connectivity index is 1.95. The molecule has 1 unspecified atom stereocenters. The van der Waals surface area contributed by atoms with Crippen LogP contribution < -0.4 is 5.32 Å². The number of alkyl halides is 1. The lowest BCUT2D eigenvalue weighted by atomic mass is 10.2. The zero-order valence-corrected chi connectivity index (χ0v) is 10.2. The van der Waals surface area contributed by atoms with Crippen molar-refractivity contribution in [2.24, 2.45) is 0 Å². The Labute approximate surface area is 95.5 Å². The zero-order valence-electron chi connectivity index (χ0n) is 8.63. The Morgan fingerprint density at radius 2 is 2.36 bits per heavy atom. The van der Waals surface area contributed by atoms with Crippen LogP contribution in [0.25, 0.3) is 0 Å². The van der Waals surface area contributed by atoms with Crippen molar-refractivity contribution in [1.82, 2.24) is 5.32 Å². The summed E-state index contributed by atoms with van der Waals surface area (Å²) in [5.74, 6) is 0. The van der Waals surface area contributed by atoms with Crippen molar-refractivity contribution in [2.45, 2.75) is 31.6 Å². The highest BCUT2D eigenvalue weighted by atomic mass is 35.5. The van der Waals surface area contributed by atoms with Crippen molar-refractivity contribution >= 4 is 22.9 Å². The zero-order chi connectivity index (χ0) is 10.2. The van der Waals surface area contributed by atoms with Gasteiger partial charge in [-0.1, -0.05) is 6.92 Å². The summed E-state index contributed by atoms with van der Waals surface area (Å²) in [6, 6.07) is 2.18. The minimum atomic E-state index is 0.337. The highest BCUT2D eigenvalue weighted by Crippen LogP contribution is 2.06. The Kier molecular flexibility index (Phi) is 6.24. The van der Waals surface area contributed by atoms with Crippen molar-refractivity contribution < 1.29 is 0 Å². The first-order valence-electron chi connectivity index (χ1n) is 5.18. The molecule has 80 valence electrons. The molecular formula is C11H18ClNS. The highest BCUT2D eigenvalue weighted by molar-refractivity contribution is 7.07. The van der Waals surface area contributed by atoms with Crippen LogP contribution in [0.15, 0.2) is 16.8 Å². The molecule has 0 fully saturated rings. The highest BCUT2D eigenvalue weighted by Gasteiger charge is 1.99. The summed E-state index contributed by atoms with van der Waals surface area (Å²) in [7, 11) is 0. The normalized spacial score (nSPS) is 13.0. The van der Waals surface area contributed by atoms with E-state index in [1.165, 1.54) is 5.56 Å². The Morgan fingerprint density at radius 1 is 1.50 bits per heavy atom. The van der Waals surface area contributed by atoms with Gasteiger partial charge in [-0.05, 0) is 54.7 Å². The number of hydrogen-bond acceptors (Lipinski definition) is 2. The molecule has 0 saturated carbocycles. The van der Waals surface area contributed by atoms with Crippen LogP contribution in [0, 0.1) is 0 Å². The molecule has 0 spiro atoms. The molecule has 0 aliphatic rings. The van der Waals surface area contributed by atoms with Gasteiger partial charge in [0.2, 0.25) is 0 Å². The average Bonchev–Trinajstić information content (AvgIpc) is 2.69. The molecule has 1 aromatic rings. The molecule has 0 saturated heterocycles. The van der Waals surface area contributed by atoms with Crippen LogP contribution in [0.3, 0.4) is 0 Å². The van der Waals surface area contributed by atoms with E-state index in [9.17, 15) is 0 Å². The number of hydrogen-bond donors (Lipinski definition) is 1. The maximum absolute atomic E-state index is 6.01. The predicted molar refractivity (Wildman–Crippen MR) is 65.4 cm³/mol. The van der Waals surface area contributed by atoms with Crippen LogP contribution in [0.4, 0.5) is 0 Å². The summed E-state index contributed by atoms with van der Waals surface area (Å²) < 4.78 is 0. The lowest BCUT2D eigenvalue weighted by Gasteiger charge is -2.07. The van der Waals surface area contributed by atoms with Gasteiger partial charge in [-0.3, -0.25) is 0 Å². The van der Waals surface area contributed by atoms with Gasteiger partial charge in [0, 0.05) is 5.38 Å². The first-order chi connectivity index (χ1) is 6.83. The lowest BCUT2D eigenvalue weighted by Crippen LogP contribution is -2.20. The number of nitrogens with one attached hydrogen (secondary N) is 1. The molecule has 0 amide bonds. The molecule has 0 aliphatic carbocycles. The maximum Gasteiger partial charge on any atom is 0.0345 e. The summed E-state index contributed by atoms with van der Waals surface area (Å²) in [4.78, 5) is 0. The second kappa shape index (κ2) is 7.27. The number of halogens is 1. The van der Waals surface area contributed by atoms with Gasteiger partial charge >= 0.3 is 0 Å². The van der Waals surface area contributed by atoms with Crippen molar-refractivity contribution in [1.29, 1.82) is 0 Å². The molecule has 0 radical (unpaired) electrons. The Bertz CT molecular complexity index is 223. The van der Waals surface area contributed by atoms with Crippen molar-refractivity contribution in [2.75, 3.05) is 13.1 Å². The van der Waals surface area contributed by atoms with E-state index in [1.807, 2.05) is 0 Å². The fourth-order valence-electron chi connectivity index (χ4n) is 1.26. The molecule has 1 heterocycles. The van der Waals surface area contributed by atoms with Gasteiger partial charge in [-0.15, -0.1) is 11.6 Å². The van der Waals surface area contributed by atoms with Crippen molar-refractivity contribution in [3.63, 3.8) is 0 Å². The van der Waals surface area contributed by atoms with E-state index in [4.69, 9.17) is 11.6 Å². The molecular weight excluding hydrogens is 214 g/mol. The molecule has 1 N–H and O–H groups in total. The van der Waals surface area contributed by atoms with E-state index in [1.54, 1.807) is 11.3 Å². The summed E-state index contributed by atoms with van der Waals surface area (Å²) in [5.41, 5.74) is 1.43. The molecule has 1 aromatic heterocycles. The van der Waals surface area contributed by atoms with Gasteiger partial charge in [0.05, 0.1) is 0 Å². The maximum atomic E-state index is 6.01. The quantitative estimate of drug-likeness (QED) is 0.561. The Hall–Kier alpha value is -0.0500. The van der Waals surface area contributed by atoms with E-state index < -0.39 is 0 Å². The molecule has 0 aromatic carbocycles. The van der Waals surface area contributed by atoms with Crippen molar-refractivity contribution in [3.05, 3.63) is 22.4 Å². The van der Waals surface area contributed by atoms with Crippen LogP contribution in [0.5, 0.6) is 0 Å². The Morgan fingerprint density at radius 3 is 3.00 bits per heavy atom. The fraction of sp³-hybridized carbons (Fsp3) is 0.636. The van der Waals surface area contributed by atoms with Crippen LogP contribution in [0.1, 0.15) is 25.3 Å². The van der Waals surface area contributed by atoms with E-state index >= 15 is 0 Å². The molecule has 14 heavy (non-hydrogen) atoms. The fourth-order valence-corrected chi connectivity index (χ4v) is 2.07. The van der Waals surface area contributed by atoms with Gasteiger partial charge in [0.25, 0.3) is 0 Å². The molecule has 0 aliphatic heterocycles. The van der Waals surface area contributed by atoms with Gasteiger partial charge in [0.15, 0.2) is 0 Å². The monoisotopic (exact) mass is 231 g/mol. The van der Waals surface area contributed by atoms with E-state index in [2.05, 4.69) is 29.1 Å². The van der Waals surface area contributed by atoms with Crippen LogP contribution in [-0.2, 0) is 6.42 Å². The second-order valence-corrected chi connectivity index (χ2v) is 4.82. The summed E-state index contributed by atoms with van der Waals surface area (Å²) in [6.45, 7) is 4.22. The summed E-state index contributed by atoms with van der Waals surface area (Å²) in [6.07, 6.45) is 3.26. The molecule has 1 rings (SSSR count). The van der Waals surface area contributed by atoms with Gasteiger partial charge < -0.3 is 5.32 Å². The third kappa shape index (κ3) is 4.99. The van der Waals surface area contributed by atoms with E-state index in [-0.39, 0.29) is 0 Å². The molecule has 1 nitrogen and oxygen atoms in total. The third-order valence-electron chi connectivity index (χ3n) is 2.25. The summed E-state index contributed by atoms with van der Waals surface area (Å²) >= 11 is 7.77. The van der Waals surface area contributed by atoms with Gasteiger partial charge in [-0.25, -0.2) is 0 Å². The topological polar surface area (TPSA) is 12.0 Å². The SMILES string of the molecule is CCC(Cl)CCNCCc1ccsc1. The largest absolute Gasteiger partial charge is 0.316 e. The number of thiophene rings is 1. The molecule has 0 bridgehead atoms.